The van der Waals surface area contributed by atoms with Gasteiger partial charge in [0.05, 0.1) is 0 Å². The summed E-state index contributed by atoms with van der Waals surface area (Å²) in [4.78, 5) is 4.94. The van der Waals surface area contributed by atoms with Crippen molar-refractivity contribution in [3.8, 4) is 0 Å². The molecule has 0 saturated carbocycles. The van der Waals surface area contributed by atoms with Crippen molar-refractivity contribution in [1.29, 1.82) is 0 Å². The van der Waals surface area contributed by atoms with E-state index >= 15 is 0 Å². The third kappa shape index (κ3) is 3.45. The normalized spacial score (nSPS) is 19.9. The summed E-state index contributed by atoms with van der Waals surface area (Å²) >= 11 is 5.96. The number of hydrogen-bond donors (Lipinski definition) is 1. The van der Waals surface area contributed by atoms with Gasteiger partial charge in [-0.15, -0.1) is 0 Å². The molecule has 100 valence electrons. The van der Waals surface area contributed by atoms with Gasteiger partial charge in [0.2, 0.25) is 0 Å². The van der Waals surface area contributed by atoms with Crippen LogP contribution in [0, 0.1) is 0 Å². The van der Waals surface area contributed by atoms with Gasteiger partial charge in [-0.05, 0) is 31.8 Å². The minimum absolute atomic E-state index is 0.445. The molecular formula is C14H22ClN3. The molecule has 2 rings (SSSR count). The first-order chi connectivity index (χ1) is 8.70. The molecule has 1 heterocycles. The lowest BCUT2D eigenvalue weighted by atomic mass is 10.0. The Balaban J connectivity index is 2.09. The van der Waals surface area contributed by atoms with Gasteiger partial charge in [0, 0.05) is 43.8 Å². The molecule has 0 aliphatic carbocycles. The molecule has 0 spiro atoms. The van der Waals surface area contributed by atoms with Crippen molar-refractivity contribution in [3.63, 3.8) is 0 Å². The predicted molar refractivity (Wildman–Crippen MR) is 77.2 cm³/mol. The number of benzene rings is 1. The summed E-state index contributed by atoms with van der Waals surface area (Å²) in [6.45, 7) is 5.53. The van der Waals surface area contributed by atoms with E-state index in [0.717, 1.165) is 37.7 Å². The Morgan fingerprint density at radius 2 is 1.78 bits per heavy atom. The molecule has 0 bridgehead atoms. The van der Waals surface area contributed by atoms with Crippen molar-refractivity contribution < 1.29 is 0 Å². The van der Waals surface area contributed by atoms with E-state index in [-0.39, 0.29) is 0 Å². The van der Waals surface area contributed by atoms with Crippen LogP contribution >= 0.6 is 11.6 Å². The third-order valence-corrected chi connectivity index (χ3v) is 3.88. The Labute approximate surface area is 115 Å². The summed E-state index contributed by atoms with van der Waals surface area (Å²) in [6, 6.07) is 8.69. The molecule has 3 nitrogen and oxygen atoms in total. The average Bonchev–Trinajstić information content (AvgIpc) is 2.39. The fraction of sp³-hybridized carbons (Fsp3) is 0.571. The van der Waals surface area contributed by atoms with Crippen molar-refractivity contribution in [2.45, 2.75) is 6.04 Å². The van der Waals surface area contributed by atoms with Gasteiger partial charge in [0.1, 0.15) is 0 Å². The van der Waals surface area contributed by atoms with Gasteiger partial charge in [-0.1, -0.05) is 23.7 Å². The Kier molecular flexibility index (Phi) is 5.01. The van der Waals surface area contributed by atoms with Gasteiger partial charge in [0.15, 0.2) is 0 Å². The number of halogens is 1. The molecule has 1 aliphatic heterocycles. The van der Waals surface area contributed by atoms with E-state index < -0.39 is 0 Å². The highest BCUT2D eigenvalue weighted by Gasteiger charge is 2.23. The molecule has 18 heavy (non-hydrogen) atoms. The van der Waals surface area contributed by atoms with Crippen molar-refractivity contribution in [2.75, 3.05) is 46.8 Å². The molecule has 1 fully saturated rings. The van der Waals surface area contributed by atoms with E-state index in [1.807, 2.05) is 19.2 Å². The standard InChI is InChI=1S/C14H22ClN3/c1-16-11-14(12-3-5-13(15)6-4-12)18-9-7-17(2)8-10-18/h3-6,14,16H,7-11H2,1-2H3/t14-/m0/s1. The third-order valence-electron chi connectivity index (χ3n) is 3.63. The van der Waals surface area contributed by atoms with Gasteiger partial charge in [0.25, 0.3) is 0 Å². The molecule has 1 atom stereocenters. The van der Waals surface area contributed by atoms with E-state index in [1.54, 1.807) is 0 Å². The zero-order valence-corrected chi connectivity index (χ0v) is 12.0. The second-order valence-electron chi connectivity index (χ2n) is 4.96. The SMILES string of the molecule is CNC[C@@H](c1ccc(Cl)cc1)N1CCN(C)CC1. The Morgan fingerprint density at radius 3 is 2.33 bits per heavy atom. The number of piperazine rings is 1. The maximum absolute atomic E-state index is 5.96. The zero-order valence-electron chi connectivity index (χ0n) is 11.2. The Bertz CT molecular complexity index is 358. The topological polar surface area (TPSA) is 18.5 Å². The summed E-state index contributed by atoms with van der Waals surface area (Å²) in [5, 5.41) is 4.11. The first kappa shape index (κ1) is 13.8. The summed E-state index contributed by atoms with van der Waals surface area (Å²) in [5.74, 6) is 0. The molecule has 1 aromatic carbocycles. The van der Waals surface area contributed by atoms with E-state index in [1.165, 1.54) is 5.56 Å². The number of nitrogens with one attached hydrogen (secondary N) is 1. The predicted octanol–water partition coefficient (Wildman–Crippen LogP) is 1.85. The molecule has 1 aliphatic rings. The van der Waals surface area contributed by atoms with Crippen LogP contribution in [0.2, 0.25) is 5.02 Å². The van der Waals surface area contributed by atoms with Crippen molar-refractivity contribution in [2.24, 2.45) is 0 Å². The largest absolute Gasteiger partial charge is 0.318 e. The molecule has 1 aromatic rings. The molecule has 1 N–H and O–H groups in total. The van der Waals surface area contributed by atoms with Crippen molar-refractivity contribution in [3.05, 3.63) is 34.9 Å². The first-order valence-corrected chi connectivity index (χ1v) is 6.91. The van der Waals surface area contributed by atoms with Gasteiger partial charge in [-0.25, -0.2) is 0 Å². The summed E-state index contributed by atoms with van der Waals surface area (Å²) in [7, 11) is 4.20. The molecule has 0 amide bonds. The lowest BCUT2D eigenvalue weighted by molar-refractivity contribution is 0.111. The van der Waals surface area contributed by atoms with E-state index in [4.69, 9.17) is 11.6 Å². The summed E-state index contributed by atoms with van der Waals surface area (Å²) in [6.07, 6.45) is 0. The summed E-state index contributed by atoms with van der Waals surface area (Å²) in [5.41, 5.74) is 1.35. The zero-order chi connectivity index (χ0) is 13.0. The quantitative estimate of drug-likeness (QED) is 0.898. The second-order valence-corrected chi connectivity index (χ2v) is 5.40. The fourth-order valence-electron chi connectivity index (χ4n) is 2.47. The van der Waals surface area contributed by atoms with Crippen molar-refractivity contribution >= 4 is 11.6 Å². The monoisotopic (exact) mass is 267 g/mol. The van der Waals surface area contributed by atoms with Crippen molar-refractivity contribution in [1.82, 2.24) is 15.1 Å². The molecular weight excluding hydrogens is 246 g/mol. The van der Waals surface area contributed by atoms with Crippen LogP contribution < -0.4 is 5.32 Å². The van der Waals surface area contributed by atoms with Crippen LogP contribution in [-0.2, 0) is 0 Å². The van der Waals surface area contributed by atoms with Crippen LogP contribution in [0.3, 0.4) is 0 Å². The summed E-state index contributed by atoms with van der Waals surface area (Å²) < 4.78 is 0. The number of nitrogens with zero attached hydrogens (tertiary/aromatic N) is 2. The lowest BCUT2D eigenvalue weighted by Crippen LogP contribution is -2.47. The molecule has 4 heteroatoms. The van der Waals surface area contributed by atoms with Gasteiger partial charge < -0.3 is 10.2 Å². The van der Waals surface area contributed by atoms with Crippen LogP contribution in [0.15, 0.2) is 24.3 Å². The van der Waals surface area contributed by atoms with Crippen LogP contribution in [-0.4, -0.2) is 56.6 Å². The van der Waals surface area contributed by atoms with E-state index in [9.17, 15) is 0 Å². The molecule has 0 radical (unpaired) electrons. The maximum atomic E-state index is 5.96. The Morgan fingerprint density at radius 1 is 1.17 bits per heavy atom. The molecule has 1 saturated heterocycles. The maximum Gasteiger partial charge on any atom is 0.0473 e. The number of hydrogen-bond acceptors (Lipinski definition) is 3. The smallest absolute Gasteiger partial charge is 0.0473 e. The van der Waals surface area contributed by atoms with Crippen LogP contribution in [0.25, 0.3) is 0 Å². The average molecular weight is 268 g/mol. The van der Waals surface area contributed by atoms with Gasteiger partial charge in [-0.3, -0.25) is 4.90 Å². The molecule has 0 unspecified atom stereocenters. The highest BCUT2D eigenvalue weighted by Crippen LogP contribution is 2.23. The van der Waals surface area contributed by atoms with Gasteiger partial charge in [-0.2, -0.15) is 0 Å². The van der Waals surface area contributed by atoms with E-state index in [2.05, 4.69) is 34.3 Å². The molecule has 0 aromatic heterocycles. The van der Waals surface area contributed by atoms with Gasteiger partial charge >= 0.3 is 0 Å². The number of rotatable bonds is 4. The second kappa shape index (κ2) is 6.53. The van der Waals surface area contributed by atoms with E-state index in [0.29, 0.717) is 6.04 Å². The highest BCUT2D eigenvalue weighted by atomic mass is 35.5. The van der Waals surface area contributed by atoms with Crippen LogP contribution in [0.5, 0.6) is 0 Å². The van der Waals surface area contributed by atoms with Crippen LogP contribution in [0.1, 0.15) is 11.6 Å². The highest BCUT2D eigenvalue weighted by molar-refractivity contribution is 6.30. The number of likely N-dealkylation sites (N-methyl/N-ethyl adjacent to an activating group) is 2. The minimum Gasteiger partial charge on any atom is -0.318 e. The lowest BCUT2D eigenvalue weighted by Gasteiger charge is -2.38. The minimum atomic E-state index is 0.445. The first-order valence-electron chi connectivity index (χ1n) is 6.53. The Hall–Kier alpha value is -0.610. The van der Waals surface area contributed by atoms with Crippen LogP contribution in [0.4, 0.5) is 0 Å². The fourth-order valence-corrected chi connectivity index (χ4v) is 2.60.